The molecule has 1 aromatic heterocycles. The molecule has 2 aromatic carbocycles. The van der Waals surface area contributed by atoms with Gasteiger partial charge in [0.25, 0.3) is 0 Å². The van der Waals surface area contributed by atoms with E-state index in [-0.39, 0.29) is 6.54 Å². The Bertz CT molecular complexity index is 988. The molecule has 0 radical (unpaired) electrons. The predicted molar refractivity (Wildman–Crippen MR) is 88.6 cm³/mol. The van der Waals surface area contributed by atoms with Crippen LogP contribution in [-0.4, -0.2) is 29.6 Å². The molecule has 0 atom stereocenters. The minimum Gasteiger partial charge on any atom is -0.241 e. The summed E-state index contributed by atoms with van der Waals surface area (Å²) in [7, 11) is -2.86. The second kappa shape index (κ2) is 6.73. The molecule has 0 unspecified atom stereocenters. The summed E-state index contributed by atoms with van der Waals surface area (Å²) in [5, 5.41) is 4.19. The fourth-order valence-electron chi connectivity index (χ4n) is 2.35. The van der Waals surface area contributed by atoms with Crippen molar-refractivity contribution in [2.24, 2.45) is 0 Å². The zero-order valence-electron chi connectivity index (χ0n) is 13.3. The van der Waals surface area contributed by atoms with Gasteiger partial charge in [-0.1, -0.05) is 18.2 Å². The van der Waals surface area contributed by atoms with E-state index in [1.54, 1.807) is 10.9 Å². The molecule has 25 heavy (non-hydrogen) atoms. The molecule has 0 amide bonds. The predicted octanol–water partition coefficient (Wildman–Crippen LogP) is 2.97. The maximum atomic E-state index is 13.8. The first kappa shape index (κ1) is 17.2. The number of hydrogen-bond donors (Lipinski definition) is 0. The van der Waals surface area contributed by atoms with Crippen LogP contribution in [0.15, 0.2) is 65.8 Å². The summed E-state index contributed by atoms with van der Waals surface area (Å²) in [4.78, 5) is -0.689. The van der Waals surface area contributed by atoms with Crippen molar-refractivity contribution >= 4 is 10.0 Å². The van der Waals surface area contributed by atoms with Crippen LogP contribution in [-0.2, 0) is 16.6 Å². The van der Waals surface area contributed by atoms with E-state index in [4.69, 9.17) is 0 Å². The van der Waals surface area contributed by atoms with Crippen molar-refractivity contribution in [3.63, 3.8) is 0 Å². The Labute approximate surface area is 144 Å². The third-order valence-electron chi connectivity index (χ3n) is 3.64. The van der Waals surface area contributed by atoms with Gasteiger partial charge < -0.3 is 0 Å². The molecule has 130 valence electrons. The number of para-hydroxylation sites is 1. The SMILES string of the molecule is CN(Cc1cnn(-c2ccccc2)c1)S(=O)(=O)c1cc(F)ccc1F. The zero-order chi connectivity index (χ0) is 18.0. The first-order chi connectivity index (χ1) is 11.9. The molecule has 0 bridgehead atoms. The average molecular weight is 363 g/mol. The van der Waals surface area contributed by atoms with Gasteiger partial charge in [0.05, 0.1) is 11.9 Å². The molecule has 0 N–H and O–H groups in total. The number of aromatic nitrogens is 2. The van der Waals surface area contributed by atoms with Crippen LogP contribution in [0, 0.1) is 11.6 Å². The first-order valence-corrected chi connectivity index (χ1v) is 8.82. The molecular formula is C17H15F2N3O2S. The van der Waals surface area contributed by atoms with Gasteiger partial charge in [-0.15, -0.1) is 0 Å². The van der Waals surface area contributed by atoms with Gasteiger partial charge in [-0.3, -0.25) is 0 Å². The molecule has 3 rings (SSSR count). The van der Waals surface area contributed by atoms with Crippen LogP contribution in [0.2, 0.25) is 0 Å². The molecule has 0 saturated heterocycles. The Morgan fingerprint density at radius 1 is 1.12 bits per heavy atom. The monoisotopic (exact) mass is 363 g/mol. The molecule has 8 heteroatoms. The normalized spacial score (nSPS) is 11.8. The summed E-state index contributed by atoms with van der Waals surface area (Å²) in [6.07, 6.45) is 3.21. The summed E-state index contributed by atoms with van der Waals surface area (Å²) in [5.74, 6) is -1.81. The van der Waals surface area contributed by atoms with Crippen LogP contribution in [0.3, 0.4) is 0 Å². The van der Waals surface area contributed by atoms with Gasteiger partial charge in [0, 0.05) is 25.4 Å². The van der Waals surface area contributed by atoms with E-state index < -0.39 is 26.6 Å². The summed E-state index contributed by atoms with van der Waals surface area (Å²) in [5.41, 5.74) is 1.45. The highest BCUT2D eigenvalue weighted by atomic mass is 32.2. The average Bonchev–Trinajstić information content (AvgIpc) is 3.06. The molecule has 3 aromatic rings. The highest BCUT2D eigenvalue weighted by Crippen LogP contribution is 2.21. The number of halogens is 2. The summed E-state index contributed by atoms with van der Waals surface area (Å²) < 4.78 is 54.6. The zero-order valence-corrected chi connectivity index (χ0v) is 14.1. The molecule has 1 heterocycles. The quantitative estimate of drug-likeness (QED) is 0.700. The fourth-order valence-corrected chi connectivity index (χ4v) is 3.58. The minimum atomic E-state index is -4.16. The highest BCUT2D eigenvalue weighted by Gasteiger charge is 2.25. The van der Waals surface area contributed by atoms with Crippen molar-refractivity contribution in [3.8, 4) is 5.69 Å². The number of nitrogens with zero attached hydrogens (tertiary/aromatic N) is 3. The molecule has 0 aliphatic carbocycles. The van der Waals surface area contributed by atoms with Crippen LogP contribution in [0.1, 0.15) is 5.56 Å². The Kier molecular flexibility index (Phi) is 4.65. The van der Waals surface area contributed by atoms with E-state index in [1.165, 1.54) is 13.2 Å². The van der Waals surface area contributed by atoms with E-state index in [9.17, 15) is 17.2 Å². The molecule has 0 aliphatic heterocycles. The summed E-state index contributed by atoms with van der Waals surface area (Å²) >= 11 is 0. The highest BCUT2D eigenvalue weighted by molar-refractivity contribution is 7.89. The van der Waals surface area contributed by atoms with Gasteiger partial charge in [0.2, 0.25) is 10.0 Å². The van der Waals surface area contributed by atoms with Gasteiger partial charge in [0.15, 0.2) is 0 Å². The summed E-state index contributed by atoms with van der Waals surface area (Å²) in [6.45, 7) is -0.0227. The third kappa shape index (κ3) is 3.59. The maximum absolute atomic E-state index is 13.8. The van der Waals surface area contributed by atoms with E-state index in [0.717, 1.165) is 22.1 Å². The number of hydrogen-bond acceptors (Lipinski definition) is 3. The molecule has 0 spiro atoms. The minimum absolute atomic E-state index is 0.0227. The lowest BCUT2D eigenvalue weighted by atomic mass is 10.3. The van der Waals surface area contributed by atoms with Gasteiger partial charge in [-0.2, -0.15) is 9.40 Å². The van der Waals surface area contributed by atoms with Crippen LogP contribution in [0.5, 0.6) is 0 Å². The lowest BCUT2D eigenvalue weighted by Crippen LogP contribution is -2.27. The van der Waals surface area contributed by atoms with Gasteiger partial charge in [-0.25, -0.2) is 21.9 Å². The second-order valence-electron chi connectivity index (χ2n) is 5.46. The van der Waals surface area contributed by atoms with Crippen molar-refractivity contribution < 1.29 is 17.2 Å². The summed E-state index contributed by atoms with van der Waals surface area (Å²) in [6, 6.07) is 11.7. The van der Waals surface area contributed by atoms with Crippen LogP contribution < -0.4 is 0 Å². The van der Waals surface area contributed by atoms with Crippen molar-refractivity contribution in [3.05, 3.63) is 78.1 Å². The van der Waals surface area contributed by atoms with Crippen molar-refractivity contribution in [1.29, 1.82) is 0 Å². The smallest absolute Gasteiger partial charge is 0.241 e. The molecule has 0 saturated carbocycles. The van der Waals surface area contributed by atoms with Crippen molar-refractivity contribution in [2.45, 2.75) is 11.4 Å². The van der Waals surface area contributed by atoms with Gasteiger partial charge in [0.1, 0.15) is 16.5 Å². The number of rotatable bonds is 5. The standard InChI is InChI=1S/C17H15F2N3O2S/c1-21(25(23,24)17-9-14(18)7-8-16(17)19)11-13-10-20-22(12-13)15-5-3-2-4-6-15/h2-10,12H,11H2,1H3. The third-order valence-corrected chi connectivity index (χ3v) is 5.46. The topological polar surface area (TPSA) is 55.2 Å². The first-order valence-electron chi connectivity index (χ1n) is 7.38. The van der Waals surface area contributed by atoms with E-state index in [2.05, 4.69) is 5.10 Å². The Balaban J connectivity index is 1.83. The Morgan fingerprint density at radius 3 is 2.56 bits per heavy atom. The molecule has 5 nitrogen and oxygen atoms in total. The molecule has 0 aliphatic rings. The lowest BCUT2D eigenvalue weighted by Gasteiger charge is -2.16. The molecule has 0 fully saturated rings. The number of sulfonamides is 1. The van der Waals surface area contributed by atoms with E-state index in [1.807, 2.05) is 30.3 Å². The van der Waals surface area contributed by atoms with Crippen LogP contribution in [0.25, 0.3) is 5.69 Å². The fraction of sp³-hybridized carbons (Fsp3) is 0.118. The van der Waals surface area contributed by atoms with E-state index in [0.29, 0.717) is 11.6 Å². The van der Waals surface area contributed by atoms with Gasteiger partial charge >= 0.3 is 0 Å². The van der Waals surface area contributed by atoms with Crippen molar-refractivity contribution in [2.75, 3.05) is 7.05 Å². The van der Waals surface area contributed by atoms with E-state index >= 15 is 0 Å². The van der Waals surface area contributed by atoms with Gasteiger partial charge in [-0.05, 0) is 30.3 Å². The van der Waals surface area contributed by atoms with Crippen LogP contribution >= 0.6 is 0 Å². The number of benzene rings is 2. The maximum Gasteiger partial charge on any atom is 0.246 e. The lowest BCUT2D eigenvalue weighted by molar-refractivity contribution is 0.458. The largest absolute Gasteiger partial charge is 0.246 e. The van der Waals surface area contributed by atoms with Crippen LogP contribution in [0.4, 0.5) is 8.78 Å². The Morgan fingerprint density at radius 2 is 1.84 bits per heavy atom. The van der Waals surface area contributed by atoms with Crippen molar-refractivity contribution in [1.82, 2.24) is 14.1 Å². The molecular weight excluding hydrogens is 348 g/mol. The second-order valence-corrected chi connectivity index (χ2v) is 7.48. The Hall–Kier alpha value is -2.58.